The number of hydrogen-bond acceptors (Lipinski definition) is 2. The van der Waals surface area contributed by atoms with Crippen LogP contribution < -0.4 is 0 Å². The molecule has 0 heterocycles. The number of aryl methyl sites for hydroxylation is 1. The molecule has 0 saturated carbocycles. The van der Waals surface area contributed by atoms with E-state index < -0.39 is 6.10 Å². The quantitative estimate of drug-likeness (QED) is 0.691. The number of benzene rings is 1. The molecule has 2 nitrogen and oxygen atoms in total. The van der Waals surface area contributed by atoms with E-state index >= 15 is 0 Å². The molecule has 0 spiro atoms. The van der Waals surface area contributed by atoms with Crippen molar-refractivity contribution < 1.29 is 10.2 Å². The van der Waals surface area contributed by atoms with Gasteiger partial charge in [0.25, 0.3) is 0 Å². The van der Waals surface area contributed by atoms with Crippen molar-refractivity contribution >= 4 is 0 Å². The molecule has 0 aliphatic rings. The normalized spacial score (nSPS) is 14.4. The summed E-state index contributed by atoms with van der Waals surface area (Å²) < 4.78 is 0. The van der Waals surface area contributed by atoms with Crippen LogP contribution in [0.2, 0.25) is 0 Å². The predicted molar refractivity (Wildman–Crippen MR) is 66.2 cm³/mol. The van der Waals surface area contributed by atoms with Crippen LogP contribution in [-0.2, 0) is 6.42 Å². The van der Waals surface area contributed by atoms with Gasteiger partial charge in [-0.25, -0.2) is 0 Å². The molecular weight excluding hydrogens is 200 g/mol. The monoisotopic (exact) mass is 220 g/mol. The molecule has 0 bridgehead atoms. The molecule has 16 heavy (non-hydrogen) atoms. The molecule has 0 aliphatic heterocycles. The minimum Gasteiger partial charge on any atom is -0.396 e. The van der Waals surface area contributed by atoms with Gasteiger partial charge in [-0.15, -0.1) is 6.58 Å². The van der Waals surface area contributed by atoms with E-state index in [2.05, 4.69) is 18.7 Å². The van der Waals surface area contributed by atoms with Gasteiger partial charge in [-0.05, 0) is 24.8 Å². The molecule has 88 valence electrons. The van der Waals surface area contributed by atoms with E-state index in [-0.39, 0.29) is 12.5 Å². The van der Waals surface area contributed by atoms with Gasteiger partial charge in [0.2, 0.25) is 0 Å². The Bertz CT molecular complexity index is 295. The van der Waals surface area contributed by atoms with Crippen LogP contribution in [-0.4, -0.2) is 22.9 Å². The summed E-state index contributed by atoms with van der Waals surface area (Å²) in [5.74, 6) is -0.00582. The van der Waals surface area contributed by atoms with Crippen molar-refractivity contribution in [1.29, 1.82) is 0 Å². The first-order chi connectivity index (χ1) is 7.77. The Morgan fingerprint density at radius 1 is 1.19 bits per heavy atom. The molecule has 0 amide bonds. The minimum absolute atomic E-state index is 0.00582. The van der Waals surface area contributed by atoms with Crippen molar-refractivity contribution in [3.63, 3.8) is 0 Å². The third kappa shape index (κ3) is 4.17. The largest absolute Gasteiger partial charge is 0.396 e. The molecule has 0 saturated heterocycles. The second kappa shape index (κ2) is 7.20. The van der Waals surface area contributed by atoms with E-state index in [1.54, 1.807) is 6.08 Å². The molecule has 0 aromatic heterocycles. The molecule has 2 heteroatoms. The Kier molecular flexibility index (Phi) is 5.83. The molecule has 2 unspecified atom stereocenters. The molecule has 0 radical (unpaired) electrons. The molecule has 2 atom stereocenters. The van der Waals surface area contributed by atoms with E-state index in [0.29, 0.717) is 12.8 Å². The van der Waals surface area contributed by atoms with Gasteiger partial charge < -0.3 is 10.2 Å². The van der Waals surface area contributed by atoms with E-state index in [1.165, 1.54) is 5.56 Å². The van der Waals surface area contributed by atoms with Crippen LogP contribution in [0.3, 0.4) is 0 Å². The maximum atomic E-state index is 9.92. The van der Waals surface area contributed by atoms with Crippen LogP contribution in [0.1, 0.15) is 18.4 Å². The number of aliphatic hydroxyl groups is 2. The average molecular weight is 220 g/mol. The van der Waals surface area contributed by atoms with E-state index in [0.717, 1.165) is 6.42 Å². The highest BCUT2D eigenvalue weighted by atomic mass is 16.3. The number of aliphatic hydroxyl groups excluding tert-OH is 2. The lowest BCUT2D eigenvalue weighted by molar-refractivity contribution is 0.105. The smallest absolute Gasteiger partial charge is 0.0606 e. The zero-order chi connectivity index (χ0) is 11.8. The summed E-state index contributed by atoms with van der Waals surface area (Å²) in [4.78, 5) is 0. The second-order valence-corrected chi connectivity index (χ2v) is 4.00. The van der Waals surface area contributed by atoms with Crippen LogP contribution in [0.15, 0.2) is 43.0 Å². The van der Waals surface area contributed by atoms with Gasteiger partial charge >= 0.3 is 0 Å². The summed E-state index contributed by atoms with van der Waals surface area (Å²) in [7, 11) is 0. The summed E-state index contributed by atoms with van der Waals surface area (Å²) in [6.07, 6.45) is 3.47. The second-order valence-electron chi connectivity index (χ2n) is 4.00. The third-order valence-electron chi connectivity index (χ3n) is 2.83. The summed E-state index contributed by atoms with van der Waals surface area (Å²) in [6.45, 7) is 3.78. The highest BCUT2D eigenvalue weighted by molar-refractivity contribution is 5.14. The lowest BCUT2D eigenvalue weighted by Gasteiger charge is -2.18. The van der Waals surface area contributed by atoms with Crippen LogP contribution in [0, 0.1) is 5.92 Å². The standard InChI is InChI=1S/C14H20O2/c1-2-13(10-11-15)14(16)9-8-12-6-4-3-5-7-12/h2-7,13-16H,1,8-11H2. The molecule has 1 aromatic carbocycles. The third-order valence-corrected chi connectivity index (χ3v) is 2.83. The van der Waals surface area contributed by atoms with Crippen LogP contribution >= 0.6 is 0 Å². The van der Waals surface area contributed by atoms with Crippen molar-refractivity contribution in [3.8, 4) is 0 Å². The van der Waals surface area contributed by atoms with Gasteiger partial charge in [-0.3, -0.25) is 0 Å². The van der Waals surface area contributed by atoms with Crippen LogP contribution in [0.4, 0.5) is 0 Å². The zero-order valence-electron chi connectivity index (χ0n) is 9.55. The van der Waals surface area contributed by atoms with E-state index in [9.17, 15) is 5.11 Å². The molecule has 2 N–H and O–H groups in total. The molecular formula is C14H20O2. The molecule has 0 aliphatic carbocycles. The first kappa shape index (κ1) is 12.9. The SMILES string of the molecule is C=CC(CCO)C(O)CCc1ccccc1. The van der Waals surface area contributed by atoms with Crippen molar-refractivity contribution in [2.45, 2.75) is 25.4 Å². The van der Waals surface area contributed by atoms with Gasteiger partial charge in [0.15, 0.2) is 0 Å². The Morgan fingerprint density at radius 2 is 1.88 bits per heavy atom. The van der Waals surface area contributed by atoms with Crippen molar-refractivity contribution in [2.75, 3.05) is 6.61 Å². The molecule has 1 aromatic rings. The van der Waals surface area contributed by atoms with Gasteiger partial charge in [0.05, 0.1) is 6.10 Å². The van der Waals surface area contributed by atoms with Gasteiger partial charge in [-0.2, -0.15) is 0 Å². The Hall–Kier alpha value is -1.12. The zero-order valence-corrected chi connectivity index (χ0v) is 9.55. The lowest BCUT2D eigenvalue weighted by atomic mass is 9.94. The van der Waals surface area contributed by atoms with E-state index in [1.807, 2.05) is 18.2 Å². The number of hydrogen-bond donors (Lipinski definition) is 2. The minimum atomic E-state index is -0.412. The molecule has 0 fully saturated rings. The van der Waals surface area contributed by atoms with Gasteiger partial charge in [0.1, 0.15) is 0 Å². The van der Waals surface area contributed by atoms with Crippen LogP contribution in [0.5, 0.6) is 0 Å². The summed E-state index contributed by atoms with van der Waals surface area (Å²) >= 11 is 0. The Balaban J connectivity index is 2.39. The summed E-state index contributed by atoms with van der Waals surface area (Å²) in [5.41, 5.74) is 1.23. The van der Waals surface area contributed by atoms with Gasteiger partial charge in [-0.1, -0.05) is 36.4 Å². The number of rotatable bonds is 7. The summed E-state index contributed by atoms with van der Waals surface area (Å²) in [6, 6.07) is 10.1. The fraction of sp³-hybridized carbons (Fsp3) is 0.429. The fourth-order valence-electron chi connectivity index (χ4n) is 1.79. The molecule has 1 rings (SSSR count). The van der Waals surface area contributed by atoms with Crippen molar-refractivity contribution in [2.24, 2.45) is 5.92 Å². The van der Waals surface area contributed by atoms with Crippen LogP contribution in [0.25, 0.3) is 0 Å². The summed E-state index contributed by atoms with van der Waals surface area (Å²) in [5, 5.41) is 18.8. The highest BCUT2D eigenvalue weighted by Crippen LogP contribution is 2.15. The Morgan fingerprint density at radius 3 is 2.44 bits per heavy atom. The Labute approximate surface area is 97.2 Å². The van der Waals surface area contributed by atoms with Gasteiger partial charge in [0, 0.05) is 12.5 Å². The first-order valence-electron chi connectivity index (χ1n) is 5.73. The van der Waals surface area contributed by atoms with E-state index in [4.69, 9.17) is 5.11 Å². The maximum Gasteiger partial charge on any atom is 0.0606 e. The highest BCUT2D eigenvalue weighted by Gasteiger charge is 2.14. The maximum absolute atomic E-state index is 9.92. The average Bonchev–Trinajstić information content (AvgIpc) is 2.34. The fourth-order valence-corrected chi connectivity index (χ4v) is 1.79. The lowest BCUT2D eigenvalue weighted by Crippen LogP contribution is -2.20. The van der Waals surface area contributed by atoms with Crippen molar-refractivity contribution in [3.05, 3.63) is 48.6 Å². The van der Waals surface area contributed by atoms with Crippen molar-refractivity contribution in [1.82, 2.24) is 0 Å². The topological polar surface area (TPSA) is 40.5 Å². The predicted octanol–water partition coefficient (Wildman–Crippen LogP) is 2.16. The first-order valence-corrected chi connectivity index (χ1v) is 5.73.